The maximum atomic E-state index is 11.6. The number of carbonyl (C=O) groups excluding carboxylic acids is 1. The molecule has 7 heteroatoms. The summed E-state index contributed by atoms with van der Waals surface area (Å²) in [5.74, 6) is -1.99. The average molecular weight is 328 g/mol. The van der Waals surface area contributed by atoms with Crippen molar-refractivity contribution in [3.63, 3.8) is 0 Å². The molecule has 3 aliphatic rings. The number of rotatable bonds is 3. The molecule has 7 nitrogen and oxygen atoms in total. The van der Waals surface area contributed by atoms with Crippen LogP contribution in [0.15, 0.2) is 12.2 Å². The van der Waals surface area contributed by atoms with Gasteiger partial charge < -0.3 is 28.4 Å². The van der Waals surface area contributed by atoms with Gasteiger partial charge in [-0.2, -0.15) is 0 Å². The van der Waals surface area contributed by atoms with E-state index in [1.165, 1.54) is 0 Å². The molecule has 3 fully saturated rings. The zero-order chi connectivity index (χ0) is 17.0. The number of fused-ring (bicyclic) bond motifs is 3. The predicted molar refractivity (Wildman–Crippen MR) is 78.3 cm³/mol. The topological polar surface area (TPSA) is 72.5 Å². The van der Waals surface area contributed by atoms with Crippen LogP contribution in [-0.4, -0.2) is 54.9 Å². The van der Waals surface area contributed by atoms with Crippen LogP contribution in [0.2, 0.25) is 0 Å². The highest BCUT2D eigenvalue weighted by molar-refractivity contribution is 5.86. The number of carbonyl (C=O) groups is 1. The van der Waals surface area contributed by atoms with Gasteiger partial charge in [0.25, 0.3) is 0 Å². The molecule has 0 spiro atoms. The molecule has 3 rings (SSSR count). The highest BCUT2D eigenvalue weighted by Gasteiger charge is 2.60. The zero-order valence-electron chi connectivity index (χ0n) is 14.2. The molecule has 3 saturated heterocycles. The molecule has 0 N–H and O–H groups in total. The third-order valence-electron chi connectivity index (χ3n) is 3.98. The quantitative estimate of drug-likeness (QED) is 0.574. The summed E-state index contributed by atoms with van der Waals surface area (Å²) in [6.45, 7) is 12.5. The summed E-state index contributed by atoms with van der Waals surface area (Å²) in [6.07, 6.45) is -2.22. The minimum atomic E-state index is -0.765. The number of hydrogen-bond donors (Lipinski definition) is 0. The Labute approximate surface area is 135 Å². The summed E-state index contributed by atoms with van der Waals surface area (Å²) >= 11 is 0. The molecular formula is C16H24O7. The molecule has 3 heterocycles. The lowest BCUT2D eigenvalue weighted by atomic mass is 9.99. The summed E-state index contributed by atoms with van der Waals surface area (Å²) in [5.41, 5.74) is 0.334. The van der Waals surface area contributed by atoms with E-state index < -0.39 is 36.0 Å². The smallest absolute Gasteiger partial charge is 0.333 e. The van der Waals surface area contributed by atoms with Crippen molar-refractivity contribution in [1.29, 1.82) is 0 Å². The summed E-state index contributed by atoms with van der Waals surface area (Å²) < 4.78 is 34.7. The van der Waals surface area contributed by atoms with Crippen LogP contribution in [-0.2, 0) is 33.2 Å². The Kier molecular flexibility index (Phi) is 4.05. The zero-order valence-corrected chi connectivity index (χ0v) is 14.2. The van der Waals surface area contributed by atoms with Crippen LogP contribution in [0.25, 0.3) is 0 Å². The maximum Gasteiger partial charge on any atom is 0.333 e. The summed E-state index contributed by atoms with van der Waals surface area (Å²) in [5, 5.41) is 0. The van der Waals surface area contributed by atoms with E-state index >= 15 is 0 Å². The van der Waals surface area contributed by atoms with Gasteiger partial charge in [0, 0.05) is 5.57 Å². The van der Waals surface area contributed by atoms with E-state index in [0.29, 0.717) is 5.57 Å². The summed E-state index contributed by atoms with van der Waals surface area (Å²) in [4.78, 5) is 11.6. The average Bonchev–Trinajstić information content (AvgIpc) is 2.89. The van der Waals surface area contributed by atoms with Crippen molar-refractivity contribution >= 4 is 5.97 Å². The normalized spacial score (nSPS) is 40.3. The minimum absolute atomic E-state index is 0.0410. The van der Waals surface area contributed by atoms with Gasteiger partial charge in [0.05, 0.1) is 0 Å². The molecular weight excluding hydrogens is 304 g/mol. The number of hydrogen-bond acceptors (Lipinski definition) is 7. The van der Waals surface area contributed by atoms with Gasteiger partial charge in [-0.25, -0.2) is 4.79 Å². The fourth-order valence-electron chi connectivity index (χ4n) is 3.11. The Morgan fingerprint density at radius 3 is 2.22 bits per heavy atom. The van der Waals surface area contributed by atoms with Gasteiger partial charge in [0.15, 0.2) is 17.9 Å². The van der Waals surface area contributed by atoms with Crippen molar-refractivity contribution in [1.82, 2.24) is 0 Å². The van der Waals surface area contributed by atoms with E-state index in [2.05, 4.69) is 6.58 Å². The molecule has 0 unspecified atom stereocenters. The second-order valence-corrected chi connectivity index (χ2v) is 7.09. The Morgan fingerprint density at radius 1 is 1.00 bits per heavy atom. The van der Waals surface area contributed by atoms with Crippen LogP contribution in [0.3, 0.4) is 0 Å². The SMILES string of the molecule is C=C(C)C(=O)OC[C@H]1O[C@H]2OC(C)(C)O[C@@H]2[C@H]2OC(C)(C)O[C@H]21. The van der Waals surface area contributed by atoms with Crippen LogP contribution < -0.4 is 0 Å². The molecule has 0 aliphatic carbocycles. The largest absolute Gasteiger partial charge is 0.459 e. The maximum absolute atomic E-state index is 11.6. The molecule has 0 aromatic rings. The lowest BCUT2D eigenvalue weighted by Crippen LogP contribution is -2.56. The van der Waals surface area contributed by atoms with Gasteiger partial charge in [-0.05, 0) is 34.6 Å². The fraction of sp³-hybridized carbons (Fsp3) is 0.812. The lowest BCUT2D eigenvalue weighted by molar-refractivity contribution is -0.242. The van der Waals surface area contributed by atoms with E-state index in [1.807, 2.05) is 27.7 Å². The molecule has 23 heavy (non-hydrogen) atoms. The van der Waals surface area contributed by atoms with Crippen molar-refractivity contribution in [3.05, 3.63) is 12.2 Å². The first-order valence-electron chi connectivity index (χ1n) is 7.77. The second kappa shape index (κ2) is 5.53. The van der Waals surface area contributed by atoms with Crippen molar-refractivity contribution < 1.29 is 33.2 Å². The van der Waals surface area contributed by atoms with E-state index in [0.717, 1.165) is 0 Å². The van der Waals surface area contributed by atoms with Crippen LogP contribution in [0.4, 0.5) is 0 Å². The molecule has 0 saturated carbocycles. The van der Waals surface area contributed by atoms with Crippen molar-refractivity contribution in [2.24, 2.45) is 0 Å². The molecule has 3 aliphatic heterocycles. The standard InChI is InChI=1S/C16H24O7/c1-8(2)13(17)18-7-9-10-11(21-15(3,4)20-10)12-14(19-9)23-16(5,6)22-12/h9-12,14H,1,7H2,2-6H3/t9-,10+,11+,12-,14+/m1/s1. The first kappa shape index (κ1) is 16.9. The van der Waals surface area contributed by atoms with E-state index in [9.17, 15) is 4.79 Å². The molecule has 5 atom stereocenters. The Balaban J connectivity index is 1.76. The Morgan fingerprint density at radius 2 is 1.57 bits per heavy atom. The van der Waals surface area contributed by atoms with Crippen LogP contribution in [0.1, 0.15) is 34.6 Å². The molecule has 0 radical (unpaired) electrons. The van der Waals surface area contributed by atoms with Crippen molar-refractivity contribution in [2.75, 3.05) is 6.61 Å². The van der Waals surface area contributed by atoms with Gasteiger partial charge in [-0.3, -0.25) is 0 Å². The summed E-state index contributed by atoms with van der Waals surface area (Å²) in [7, 11) is 0. The van der Waals surface area contributed by atoms with E-state index in [1.54, 1.807) is 6.92 Å². The van der Waals surface area contributed by atoms with Crippen LogP contribution in [0, 0.1) is 0 Å². The third-order valence-corrected chi connectivity index (χ3v) is 3.98. The van der Waals surface area contributed by atoms with E-state index in [-0.39, 0.29) is 18.8 Å². The van der Waals surface area contributed by atoms with Crippen molar-refractivity contribution in [2.45, 2.75) is 76.9 Å². The highest BCUT2D eigenvalue weighted by Crippen LogP contribution is 2.44. The van der Waals surface area contributed by atoms with Gasteiger partial charge in [-0.1, -0.05) is 6.58 Å². The monoisotopic (exact) mass is 328 g/mol. The Bertz CT molecular complexity index is 513. The number of ether oxygens (including phenoxy) is 6. The third kappa shape index (κ3) is 3.29. The van der Waals surface area contributed by atoms with Gasteiger partial charge in [-0.15, -0.1) is 0 Å². The predicted octanol–water partition coefficient (Wildman–Crippen LogP) is 1.50. The lowest BCUT2D eigenvalue weighted by Gasteiger charge is -2.36. The van der Waals surface area contributed by atoms with Gasteiger partial charge >= 0.3 is 5.97 Å². The molecule has 0 bridgehead atoms. The summed E-state index contributed by atoms with van der Waals surface area (Å²) in [6, 6.07) is 0. The Hall–Kier alpha value is -0.990. The molecule has 130 valence electrons. The first-order valence-corrected chi connectivity index (χ1v) is 7.77. The highest BCUT2D eigenvalue weighted by atomic mass is 16.9. The first-order chi connectivity index (χ1) is 10.6. The van der Waals surface area contributed by atoms with Gasteiger partial charge in [0.2, 0.25) is 0 Å². The van der Waals surface area contributed by atoms with Gasteiger partial charge in [0.1, 0.15) is 31.0 Å². The molecule has 0 aromatic heterocycles. The molecule has 0 aromatic carbocycles. The molecule has 0 amide bonds. The van der Waals surface area contributed by atoms with E-state index in [4.69, 9.17) is 28.4 Å². The van der Waals surface area contributed by atoms with Crippen LogP contribution in [0.5, 0.6) is 0 Å². The number of esters is 1. The van der Waals surface area contributed by atoms with Crippen molar-refractivity contribution in [3.8, 4) is 0 Å². The van der Waals surface area contributed by atoms with Crippen LogP contribution >= 0.6 is 0 Å². The minimum Gasteiger partial charge on any atom is -0.459 e. The second-order valence-electron chi connectivity index (χ2n) is 7.09. The fourth-order valence-corrected chi connectivity index (χ4v) is 3.11.